The Morgan fingerprint density at radius 3 is 2.91 bits per heavy atom. The zero-order valence-corrected chi connectivity index (χ0v) is 7.52. The predicted molar refractivity (Wildman–Crippen MR) is 45.9 cm³/mol. The zero-order valence-electron chi connectivity index (χ0n) is 6.76. The number of nitrogens with one attached hydrogen (secondary N) is 1. The van der Waals surface area contributed by atoms with Gasteiger partial charge in [-0.15, -0.1) is 0 Å². The van der Waals surface area contributed by atoms with E-state index >= 15 is 0 Å². The number of nitrogens with zero attached hydrogens (tertiary/aromatic N) is 2. The highest BCUT2D eigenvalue weighted by Gasteiger charge is 1.99. The minimum absolute atomic E-state index is 0.737. The average molecular weight is 174 g/mol. The molecule has 0 atom stereocenters. The summed E-state index contributed by atoms with van der Waals surface area (Å²) in [6.07, 6.45) is 1.84. The second kappa shape index (κ2) is 3.74. The van der Waals surface area contributed by atoms with E-state index in [-0.39, 0.29) is 0 Å². The average Bonchev–Trinajstić information content (AvgIpc) is 2.28. The van der Waals surface area contributed by atoms with Gasteiger partial charge in [0, 0.05) is 12.7 Å². The van der Waals surface area contributed by atoms with Gasteiger partial charge in [0.1, 0.15) is 0 Å². The Labute approximate surface area is 71.4 Å². The van der Waals surface area contributed by atoms with Crippen LogP contribution in [0.3, 0.4) is 0 Å². The van der Waals surface area contributed by atoms with Crippen LogP contribution in [0.25, 0.3) is 0 Å². The largest absolute Gasteiger partial charge is 0.318 e. The summed E-state index contributed by atoms with van der Waals surface area (Å²) in [4.78, 5) is 0. The van der Waals surface area contributed by atoms with Crippen molar-refractivity contribution < 1.29 is 0 Å². The van der Waals surface area contributed by atoms with E-state index < -0.39 is 0 Å². The minimum atomic E-state index is 0.737. The third-order valence-electron chi connectivity index (χ3n) is 1.48. The molecule has 0 aliphatic rings. The van der Waals surface area contributed by atoms with Crippen molar-refractivity contribution in [3.63, 3.8) is 0 Å². The van der Waals surface area contributed by atoms with Gasteiger partial charge in [-0.3, -0.25) is 4.68 Å². The Hall–Kier alpha value is -0.540. The second-order valence-corrected chi connectivity index (χ2v) is 2.84. The quantitative estimate of drug-likeness (QED) is 0.741. The zero-order chi connectivity index (χ0) is 8.27. The van der Waals surface area contributed by atoms with Gasteiger partial charge in [0.05, 0.1) is 17.3 Å². The molecule has 1 aromatic rings. The number of rotatable bonds is 3. The van der Waals surface area contributed by atoms with Crippen molar-refractivity contribution in [2.45, 2.75) is 13.5 Å². The fourth-order valence-electron chi connectivity index (χ4n) is 0.834. The van der Waals surface area contributed by atoms with E-state index in [2.05, 4.69) is 10.4 Å². The maximum absolute atomic E-state index is 5.80. The maximum Gasteiger partial charge on any atom is 0.0814 e. The summed E-state index contributed by atoms with van der Waals surface area (Å²) in [7, 11) is 1.91. The van der Waals surface area contributed by atoms with Crippen LogP contribution in [0, 0.1) is 6.92 Å². The standard InChI is InChI=1S/C7H12ClN3/c1-6-7(8)5-11(10-6)4-3-9-2/h5,9H,3-4H2,1-2H3. The lowest BCUT2D eigenvalue weighted by molar-refractivity contribution is 0.581. The van der Waals surface area contributed by atoms with Gasteiger partial charge >= 0.3 is 0 Å². The molecule has 11 heavy (non-hydrogen) atoms. The number of hydrogen-bond acceptors (Lipinski definition) is 2. The van der Waals surface area contributed by atoms with Gasteiger partial charge in [-0.25, -0.2) is 0 Å². The van der Waals surface area contributed by atoms with Gasteiger partial charge in [-0.05, 0) is 14.0 Å². The molecule has 0 aromatic carbocycles. The molecule has 0 radical (unpaired) electrons. The molecule has 0 aliphatic heterocycles. The number of likely N-dealkylation sites (N-methyl/N-ethyl adjacent to an activating group) is 1. The lowest BCUT2D eigenvalue weighted by atomic mass is 10.5. The highest BCUT2D eigenvalue weighted by molar-refractivity contribution is 6.31. The third kappa shape index (κ3) is 2.20. The maximum atomic E-state index is 5.80. The molecule has 3 nitrogen and oxygen atoms in total. The van der Waals surface area contributed by atoms with Crippen molar-refractivity contribution in [2.24, 2.45) is 0 Å². The second-order valence-electron chi connectivity index (χ2n) is 2.43. The van der Waals surface area contributed by atoms with Crippen LogP contribution in [0.1, 0.15) is 5.69 Å². The number of aromatic nitrogens is 2. The van der Waals surface area contributed by atoms with Crippen LogP contribution in [0.15, 0.2) is 6.20 Å². The lowest BCUT2D eigenvalue weighted by Gasteiger charge is -1.97. The first kappa shape index (κ1) is 8.56. The fourth-order valence-corrected chi connectivity index (χ4v) is 0.985. The molecule has 0 fully saturated rings. The van der Waals surface area contributed by atoms with Crippen LogP contribution < -0.4 is 5.32 Å². The SMILES string of the molecule is CNCCn1cc(Cl)c(C)n1. The summed E-state index contributed by atoms with van der Waals surface area (Å²) in [6, 6.07) is 0. The van der Waals surface area contributed by atoms with Gasteiger partial charge in [-0.1, -0.05) is 11.6 Å². The number of aryl methyl sites for hydroxylation is 1. The van der Waals surface area contributed by atoms with Crippen molar-refractivity contribution in [3.8, 4) is 0 Å². The van der Waals surface area contributed by atoms with Gasteiger partial charge in [0.25, 0.3) is 0 Å². The van der Waals surface area contributed by atoms with Gasteiger partial charge in [-0.2, -0.15) is 5.10 Å². The molecule has 0 spiro atoms. The molecular weight excluding hydrogens is 162 g/mol. The molecule has 1 aromatic heterocycles. The Balaban J connectivity index is 2.58. The van der Waals surface area contributed by atoms with E-state index in [1.165, 1.54) is 0 Å². The van der Waals surface area contributed by atoms with Crippen LogP contribution in [-0.4, -0.2) is 23.4 Å². The molecule has 0 saturated heterocycles. The van der Waals surface area contributed by atoms with E-state index in [1.54, 1.807) is 0 Å². The Bertz CT molecular complexity index is 212. The first-order valence-corrected chi connectivity index (χ1v) is 3.96. The molecule has 1 rings (SSSR count). The summed E-state index contributed by atoms with van der Waals surface area (Å²) in [6.45, 7) is 3.68. The van der Waals surface area contributed by atoms with Gasteiger partial charge < -0.3 is 5.32 Å². The van der Waals surface area contributed by atoms with Crippen molar-refractivity contribution in [3.05, 3.63) is 16.9 Å². The Morgan fingerprint density at radius 1 is 1.73 bits per heavy atom. The highest BCUT2D eigenvalue weighted by Crippen LogP contribution is 2.11. The summed E-state index contributed by atoms with van der Waals surface area (Å²) in [5.41, 5.74) is 0.891. The topological polar surface area (TPSA) is 29.9 Å². The molecule has 0 amide bonds. The van der Waals surface area contributed by atoms with Crippen LogP contribution in [-0.2, 0) is 6.54 Å². The molecule has 0 bridgehead atoms. The summed E-state index contributed by atoms with van der Waals surface area (Å²) in [5, 5.41) is 7.97. The van der Waals surface area contributed by atoms with Gasteiger partial charge in [0.15, 0.2) is 0 Å². The smallest absolute Gasteiger partial charge is 0.0814 e. The van der Waals surface area contributed by atoms with Gasteiger partial charge in [0.2, 0.25) is 0 Å². The molecule has 1 N–H and O–H groups in total. The summed E-state index contributed by atoms with van der Waals surface area (Å²) in [5.74, 6) is 0. The molecule has 0 aliphatic carbocycles. The van der Waals surface area contributed by atoms with E-state index in [4.69, 9.17) is 11.6 Å². The van der Waals surface area contributed by atoms with Crippen LogP contribution in [0.4, 0.5) is 0 Å². The van der Waals surface area contributed by atoms with Crippen LogP contribution in [0.5, 0.6) is 0 Å². The normalized spacial score (nSPS) is 10.5. The molecule has 1 heterocycles. The molecule has 4 heteroatoms. The molecule has 62 valence electrons. The minimum Gasteiger partial charge on any atom is -0.318 e. The first-order chi connectivity index (χ1) is 5.24. The van der Waals surface area contributed by atoms with E-state index in [1.807, 2.05) is 24.9 Å². The van der Waals surface area contributed by atoms with E-state index in [0.29, 0.717) is 0 Å². The summed E-state index contributed by atoms with van der Waals surface area (Å²) < 4.78 is 1.84. The van der Waals surface area contributed by atoms with Crippen molar-refractivity contribution in [1.29, 1.82) is 0 Å². The van der Waals surface area contributed by atoms with Crippen molar-refractivity contribution in [2.75, 3.05) is 13.6 Å². The molecule has 0 saturated carbocycles. The Morgan fingerprint density at radius 2 is 2.45 bits per heavy atom. The van der Waals surface area contributed by atoms with E-state index in [9.17, 15) is 0 Å². The summed E-state index contributed by atoms with van der Waals surface area (Å²) >= 11 is 5.80. The predicted octanol–water partition coefficient (Wildman–Crippen LogP) is 1.06. The third-order valence-corrected chi connectivity index (χ3v) is 1.85. The van der Waals surface area contributed by atoms with Crippen LogP contribution >= 0.6 is 11.6 Å². The fraction of sp³-hybridized carbons (Fsp3) is 0.571. The Kier molecular flexibility index (Phi) is 2.91. The number of halogens is 1. The highest BCUT2D eigenvalue weighted by atomic mass is 35.5. The molecule has 0 unspecified atom stereocenters. The van der Waals surface area contributed by atoms with Crippen molar-refractivity contribution >= 4 is 11.6 Å². The molecular formula is C7H12ClN3. The van der Waals surface area contributed by atoms with E-state index in [0.717, 1.165) is 23.8 Å². The van der Waals surface area contributed by atoms with Crippen LogP contribution in [0.2, 0.25) is 5.02 Å². The van der Waals surface area contributed by atoms with Crippen molar-refractivity contribution in [1.82, 2.24) is 15.1 Å². The lowest BCUT2D eigenvalue weighted by Crippen LogP contribution is -2.15. The number of hydrogen-bond donors (Lipinski definition) is 1. The monoisotopic (exact) mass is 173 g/mol. The first-order valence-electron chi connectivity index (χ1n) is 3.58.